The monoisotopic (exact) mass is 427 g/mol. The number of nitrogens with one attached hydrogen (secondary N) is 3. The first-order valence-corrected chi connectivity index (χ1v) is 9.86. The van der Waals surface area contributed by atoms with Gasteiger partial charge in [0, 0.05) is 36.1 Å². The molecule has 2 aromatic heterocycles. The molecule has 0 radical (unpaired) electrons. The molecular weight excluding hydrogens is 398 g/mol. The summed E-state index contributed by atoms with van der Waals surface area (Å²) in [5.74, 6) is 3.59. The van der Waals surface area contributed by atoms with Gasteiger partial charge in [-0.05, 0) is 27.0 Å². The Hall–Kier alpha value is -3.53. The molecule has 0 atom stereocenters. The van der Waals surface area contributed by atoms with Gasteiger partial charge in [0.1, 0.15) is 11.6 Å². The van der Waals surface area contributed by atoms with Crippen LogP contribution in [0.4, 0.5) is 23.3 Å². The largest absolute Gasteiger partial charge is 0.493 e. The highest BCUT2D eigenvalue weighted by atomic mass is 16.5. The predicted molar refractivity (Wildman–Crippen MR) is 120 cm³/mol. The number of aromatic nitrogens is 4. The molecule has 3 rings (SSSR count). The van der Waals surface area contributed by atoms with Gasteiger partial charge in [-0.1, -0.05) is 0 Å². The van der Waals surface area contributed by atoms with E-state index in [1.165, 1.54) is 0 Å². The first-order valence-electron chi connectivity index (χ1n) is 9.86. The molecule has 10 heteroatoms. The average molecular weight is 428 g/mol. The zero-order valence-electron chi connectivity index (χ0n) is 18.7. The van der Waals surface area contributed by atoms with E-state index in [1.54, 1.807) is 39.7 Å². The molecule has 0 unspecified atom stereocenters. The summed E-state index contributed by atoms with van der Waals surface area (Å²) in [6.45, 7) is 5.59. The Morgan fingerprint density at radius 2 is 1.71 bits per heavy atom. The van der Waals surface area contributed by atoms with Gasteiger partial charge in [0.2, 0.25) is 11.7 Å². The number of hydrogen-bond acceptors (Lipinski definition) is 9. The summed E-state index contributed by atoms with van der Waals surface area (Å²) in [6, 6.07) is 5.40. The lowest BCUT2D eigenvalue weighted by Crippen LogP contribution is -2.17. The summed E-state index contributed by atoms with van der Waals surface area (Å²) in [4.78, 5) is 8.91. The van der Waals surface area contributed by atoms with E-state index in [4.69, 9.17) is 14.2 Å². The molecular formula is C21H29N7O3. The van der Waals surface area contributed by atoms with E-state index in [0.717, 1.165) is 30.2 Å². The van der Waals surface area contributed by atoms with Crippen molar-refractivity contribution in [1.29, 1.82) is 0 Å². The molecule has 0 bridgehead atoms. The molecule has 2 heterocycles. The van der Waals surface area contributed by atoms with Gasteiger partial charge in [-0.2, -0.15) is 10.1 Å². The number of anilines is 4. The second-order valence-corrected chi connectivity index (χ2v) is 6.82. The molecule has 0 aliphatic carbocycles. The molecule has 3 N–H and O–H groups in total. The smallest absolute Gasteiger partial charge is 0.229 e. The maximum absolute atomic E-state index is 5.41. The van der Waals surface area contributed by atoms with Crippen molar-refractivity contribution >= 4 is 23.3 Å². The lowest BCUT2D eigenvalue weighted by atomic mass is 10.2. The van der Waals surface area contributed by atoms with Gasteiger partial charge in [0.25, 0.3) is 0 Å². The van der Waals surface area contributed by atoms with Crippen molar-refractivity contribution in [2.24, 2.45) is 0 Å². The van der Waals surface area contributed by atoms with Gasteiger partial charge in [-0.25, -0.2) is 9.67 Å². The van der Waals surface area contributed by atoms with Crippen LogP contribution >= 0.6 is 0 Å². The van der Waals surface area contributed by atoms with Crippen LogP contribution < -0.4 is 30.2 Å². The average Bonchev–Trinajstić information content (AvgIpc) is 3.04. The molecule has 0 saturated heterocycles. The third-order valence-corrected chi connectivity index (χ3v) is 4.82. The Morgan fingerprint density at radius 3 is 2.32 bits per heavy atom. The van der Waals surface area contributed by atoms with Crippen molar-refractivity contribution in [3.63, 3.8) is 0 Å². The second kappa shape index (κ2) is 9.98. The fourth-order valence-electron chi connectivity index (χ4n) is 3.10. The maximum atomic E-state index is 5.41. The lowest BCUT2D eigenvalue weighted by Gasteiger charge is -2.15. The van der Waals surface area contributed by atoms with Crippen molar-refractivity contribution in [3.05, 3.63) is 35.7 Å². The number of ether oxygens (including phenoxy) is 3. The van der Waals surface area contributed by atoms with E-state index >= 15 is 0 Å². The number of methoxy groups -OCH3 is 3. The van der Waals surface area contributed by atoms with Gasteiger partial charge >= 0.3 is 0 Å². The van der Waals surface area contributed by atoms with Crippen molar-refractivity contribution in [1.82, 2.24) is 25.1 Å². The van der Waals surface area contributed by atoms with Crippen molar-refractivity contribution < 1.29 is 14.2 Å². The number of aryl methyl sites for hydroxylation is 1. The molecule has 0 saturated carbocycles. The van der Waals surface area contributed by atoms with Crippen LogP contribution in [0.3, 0.4) is 0 Å². The standard InChI is InChI=1S/C21H29N7O3/c1-13-14(2)27-28(10-9-22-3)20(13)25-18-7-8-23-21(26-18)24-15-11-16(29-4)19(31-6)17(12-15)30-5/h7-8,11-12,22H,9-10H2,1-6H3,(H2,23,24,25,26). The quantitative estimate of drug-likeness (QED) is 0.450. The first kappa shape index (κ1) is 22.2. The molecule has 1 aromatic carbocycles. The summed E-state index contributed by atoms with van der Waals surface area (Å²) in [5, 5.41) is 14.3. The third kappa shape index (κ3) is 4.97. The third-order valence-electron chi connectivity index (χ3n) is 4.82. The summed E-state index contributed by atoms with van der Waals surface area (Å²) in [6.07, 6.45) is 1.69. The number of benzene rings is 1. The lowest BCUT2D eigenvalue weighted by molar-refractivity contribution is 0.324. The van der Waals surface area contributed by atoms with E-state index in [1.807, 2.05) is 31.6 Å². The summed E-state index contributed by atoms with van der Waals surface area (Å²) >= 11 is 0. The van der Waals surface area contributed by atoms with Crippen LogP contribution in [0.25, 0.3) is 0 Å². The maximum Gasteiger partial charge on any atom is 0.229 e. The predicted octanol–water partition coefficient (Wildman–Crippen LogP) is 3.02. The number of nitrogens with zero attached hydrogens (tertiary/aromatic N) is 4. The highest BCUT2D eigenvalue weighted by molar-refractivity contribution is 5.66. The number of likely N-dealkylation sites (N-methyl/N-ethyl adjacent to an activating group) is 1. The minimum absolute atomic E-state index is 0.426. The van der Waals surface area contributed by atoms with Crippen molar-refractivity contribution in [2.45, 2.75) is 20.4 Å². The fourth-order valence-corrected chi connectivity index (χ4v) is 3.10. The van der Waals surface area contributed by atoms with E-state index in [2.05, 4.69) is 31.0 Å². The van der Waals surface area contributed by atoms with Gasteiger partial charge in [0.15, 0.2) is 11.5 Å². The Labute approximate surface area is 182 Å². The van der Waals surface area contributed by atoms with Crippen LogP contribution in [0.5, 0.6) is 17.2 Å². The van der Waals surface area contributed by atoms with E-state index in [-0.39, 0.29) is 0 Å². The number of hydrogen-bond donors (Lipinski definition) is 3. The van der Waals surface area contributed by atoms with E-state index in [0.29, 0.717) is 34.7 Å². The van der Waals surface area contributed by atoms with Gasteiger partial charge in [-0.3, -0.25) is 0 Å². The van der Waals surface area contributed by atoms with Crippen LogP contribution in [0.15, 0.2) is 24.4 Å². The molecule has 0 spiro atoms. The van der Waals surface area contributed by atoms with E-state index in [9.17, 15) is 0 Å². The first-order chi connectivity index (χ1) is 15.0. The Balaban J connectivity index is 1.85. The second-order valence-electron chi connectivity index (χ2n) is 6.82. The van der Waals surface area contributed by atoms with Crippen LogP contribution in [0, 0.1) is 13.8 Å². The van der Waals surface area contributed by atoms with Crippen LogP contribution in [-0.4, -0.2) is 54.7 Å². The highest BCUT2D eigenvalue weighted by Crippen LogP contribution is 2.40. The SMILES string of the molecule is CNCCn1nc(C)c(C)c1Nc1ccnc(Nc2cc(OC)c(OC)c(OC)c2)n1. The zero-order chi connectivity index (χ0) is 22.4. The Bertz CT molecular complexity index is 1010. The van der Waals surface area contributed by atoms with Gasteiger partial charge < -0.3 is 30.2 Å². The highest BCUT2D eigenvalue weighted by Gasteiger charge is 2.15. The van der Waals surface area contributed by atoms with Crippen molar-refractivity contribution in [2.75, 3.05) is 45.6 Å². The van der Waals surface area contributed by atoms with E-state index < -0.39 is 0 Å². The Kier molecular flexibility index (Phi) is 7.14. The molecule has 0 fully saturated rings. The summed E-state index contributed by atoms with van der Waals surface area (Å²) < 4.78 is 18.1. The molecule has 0 amide bonds. The molecule has 0 aliphatic heterocycles. The fraction of sp³-hybridized carbons (Fsp3) is 0.381. The van der Waals surface area contributed by atoms with Gasteiger partial charge in [0.05, 0.1) is 33.6 Å². The minimum atomic E-state index is 0.426. The summed E-state index contributed by atoms with van der Waals surface area (Å²) in [5.41, 5.74) is 2.76. The summed E-state index contributed by atoms with van der Waals surface area (Å²) in [7, 11) is 6.63. The molecule has 166 valence electrons. The van der Waals surface area contributed by atoms with Crippen LogP contribution in [-0.2, 0) is 6.54 Å². The molecule has 0 aliphatic rings. The molecule has 3 aromatic rings. The minimum Gasteiger partial charge on any atom is -0.493 e. The normalized spacial score (nSPS) is 10.6. The topological polar surface area (TPSA) is 107 Å². The molecule has 10 nitrogen and oxygen atoms in total. The zero-order valence-corrected chi connectivity index (χ0v) is 18.7. The van der Waals surface area contributed by atoms with Gasteiger partial charge in [-0.15, -0.1) is 0 Å². The number of rotatable bonds is 10. The van der Waals surface area contributed by atoms with Crippen LogP contribution in [0.1, 0.15) is 11.3 Å². The Morgan fingerprint density at radius 1 is 1.00 bits per heavy atom. The molecule has 31 heavy (non-hydrogen) atoms. The van der Waals surface area contributed by atoms with Crippen molar-refractivity contribution in [3.8, 4) is 17.2 Å². The van der Waals surface area contributed by atoms with Crippen LogP contribution in [0.2, 0.25) is 0 Å².